The molecule has 0 spiro atoms. The molecule has 1 aliphatic rings. The number of anilines is 1. The smallest absolute Gasteiger partial charge is 0.238 e. The molecule has 0 bridgehead atoms. The van der Waals surface area contributed by atoms with Crippen LogP contribution >= 0.6 is 11.6 Å². The average molecular weight is 524 g/mol. The van der Waals surface area contributed by atoms with Crippen molar-refractivity contribution in [2.45, 2.75) is 6.04 Å². The largest absolute Gasteiger partial charge is 0.324 e. The van der Waals surface area contributed by atoms with Gasteiger partial charge in [0.1, 0.15) is 0 Å². The summed E-state index contributed by atoms with van der Waals surface area (Å²) in [5.74, 6) is -0.324. The van der Waals surface area contributed by atoms with Crippen molar-refractivity contribution in [3.8, 4) is 0 Å². The van der Waals surface area contributed by atoms with E-state index in [1.54, 1.807) is 30.3 Å². The Balaban J connectivity index is 1.23. The molecule has 0 unspecified atom stereocenters. The number of hydrogen-bond acceptors (Lipinski definition) is 4. The molecule has 0 saturated carbocycles. The number of benzene rings is 4. The van der Waals surface area contributed by atoms with E-state index < -0.39 is 0 Å². The summed E-state index contributed by atoms with van der Waals surface area (Å²) in [6.45, 7) is 3.51. The van der Waals surface area contributed by atoms with Gasteiger partial charge in [-0.1, -0.05) is 103 Å². The number of nitrogens with zero attached hydrogens (tertiary/aromatic N) is 2. The Morgan fingerprint density at radius 1 is 0.737 bits per heavy atom. The first-order valence-electron chi connectivity index (χ1n) is 12.8. The monoisotopic (exact) mass is 523 g/mol. The van der Waals surface area contributed by atoms with Crippen molar-refractivity contribution in [2.75, 3.05) is 38.0 Å². The molecule has 1 fully saturated rings. The van der Waals surface area contributed by atoms with E-state index in [0.29, 0.717) is 21.8 Å². The normalized spacial score (nSPS) is 14.4. The van der Waals surface area contributed by atoms with Crippen LogP contribution in [0.15, 0.2) is 109 Å². The minimum atomic E-state index is -0.176. The molecule has 0 radical (unpaired) electrons. The lowest BCUT2D eigenvalue weighted by atomic mass is 9.96. The van der Waals surface area contributed by atoms with Gasteiger partial charge in [0, 0.05) is 42.3 Å². The van der Waals surface area contributed by atoms with E-state index >= 15 is 0 Å². The Bertz CT molecular complexity index is 1330. The fourth-order valence-corrected chi connectivity index (χ4v) is 5.19. The van der Waals surface area contributed by atoms with E-state index in [9.17, 15) is 9.59 Å². The van der Waals surface area contributed by atoms with Gasteiger partial charge in [-0.2, -0.15) is 0 Å². The van der Waals surface area contributed by atoms with Crippen LogP contribution in [-0.2, 0) is 4.79 Å². The molecule has 38 heavy (non-hydrogen) atoms. The molecule has 0 aliphatic carbocycles. The summed E-state index contributed by atoms with van der Waals surface area (Å²) in [6, 6.07) is 35.3. The van der Waals surface area contributed by atoms with Crippen LogP contribution in [0.2, 0.25) is 5.02 Å². The van der Waals surface area contributed by atoms with E-state index in [1.807, 2.05) is 30.3 Å². The third-order valence-corrected chi connectivity index (χ3v) is 7.14. The minimum Gasteiger partial charge on any atom is -0.324 e. The Morgan fingerprint density at radius 3 is 1.87 bits per heavy atom. The highest BCUT2D eigenvalue weighted by molar-refractivity contribution is 6.31. The summed E-state index contributed by atoms with van der Waals surface area (Å²) in [5, 5.41) is 3.40. The zero-order valence-corrected chi connectivity index (χ0v) is 21.9. The number of hydrogen-bond donors (Lipinski definition) is 1. The number of nitrogens with one attached hydrogen (secondary N) is 1. The molecule has 6 heteroatoms. The lowest BCUT2D eigenvalue weighted by Crippen LogP contribution is -2.49. The Kier molecular flexibility index (Phi) is 8.29. The second kappa shape index (κ2) is 12.2. The van der Waals surface area contributed by atoms with Crippen molar-refractivity contribution in [2.24, 2.45) is 0 Å². The minimum absolute atomic E-state index is 0.148. The molecule has 5 nitrogen and oxygen atoms in total. The predicted molar refractivity (Wildman–Crippen MR) is 153 cm³/mol. The molecule has 4 aromatic carbocycles. The van der Waals surface area contributed by atoms with Gasteiger partial charge >= 0.3 is 0 Å². The summed E-state index contributed by atoms with van der Waals surface area (Å²) in [5.41, 5.74) is 3.94. The van der Waals surface area contributed by atoms with Crippen LogP contribution in [0.25, 0.3) is 0 Å². The Morgan fingerprint density at radius 2 is 1.29 bits per heavy atom. The van der Waals surface area contributed by atoms with Gasteiger partial charge < -0.3 is 5.32 Å². The first-order valence-corrected chi connectivity index (χ1v) is 13.2. The van der Waals surface area contributed by atoms with Gasteiger partial charge in [0.25, 0.3) is 0 Å². The van der Waals surface area contributed by atoms with Crippen molar-refractivity contribution in [1.29, 1.82) is 0 Å². The number of carbonyl (C=O) groups excluding carboxylic acids is 2. The number of amides is 1. The lowest BCUT2D eigenvalue weighted by Gasteiger charge is -2.39. The van der Waals surface area contributed by atoms with Gasteiger partial charge in [-0.05, 0) is 29.3 Å². The Labute approximate surface area is 228 Å². The number of ketones is 1. The maximum absolute atomic E-state index is 13.1. The zero-order valence-electron chi connectivity index (χ0n) is 21.1. The molecular weight excluding hydrogens is 494 g/mol. The van der Waals surface area contributed by atoms with Gasteiger partial charge in [-0.25, -0.2) is 0 Å². The number of carbonyl (C=O) groups is 2. The van der Waals surface area contributed by atoms with Crippen LogP contribution < -0.4 is 5.32 Å². The van der Waals surface area contributed by atoms with Gasteiger partial charge in [-0.15, -0.1) is 0 Å². The van der Waals surface area contributed by atoms with Crippen LogP contribution in [0.5, 0.6) is 0 Å². The van der Waals surface area contributed by atoms with Crippen LogP contribution in [-0.4, -0.2) is 54.2 Å². The summed E-state index contributed by atoms with van der Waals surface area (Å²) >= 11 is 6.19. The summed E-state index contributed by atoms with van der Waals surface area (Å²) in [4.78, 5) is 30.8. The number of piperazine rings is 1. The van der Waals surface area contributed by atoms with Crippen LogP contribution in [0.4, 0.5) is 5.69 Å². The Hall–Kier alpha value is -3.77. The molecule has 1 heterocycles. The van der Waals surface area contributed by atoms with Gasteiger partial charge in [-0.3, -0.25) is 19.4 Å². The van der Waals surface area contributed by atoms with Crippen molar-refractivity contribution in [3.05, 3.63) is 136 Å². The molecule has 1 N–H and O–H groups in total. The van der Waals surface area contributed by atoms with E-state index in [1.165, 1.54) is 11.1 Å². The molecule has 0 aromatic heterocycles. The van der Waals surface area contributed by atoms with E-state index in [0.717, 1.165) is 26.2 Å². The van der Waals surface area contributed by atoms with E-state index in [2.05, 4.69) is 63.6 Å². The number of halogens is 1. The van der Waals surface area contributed by atoms with E-state index in [-0.39, 0.29) is 24.3 Å². The molecular formula is C32H30ClN3O2. The van der Waals surface area contributed by atoms with Gasteiger partial charge in [0.05, 0.1) is 18.3 Å². The van der Waals surface area contributed by atoms with Crippen molar-refractivity contribution in [1.82, 2.24) is 9.80 Å². The fourth-order valence-electron chi connectivity index (χ4n) is 5.02. The maximum atomic E-state index is 13.1. The second-order valence-electron chi connectivity index (χ2n) is 9.47. The lowest BCUT2D eigenvalue weighted by molar-refractivity contribution is -0.117. The van der Waals surface area contributed by atoms with Crippen LogP contribution in [0, 0.1) is 0 Å². The number of rotatable bonds is 8. The predicted octanol–water partition coefficient (Wildman–Crippen LogP) is 5.92. The fraction of sp³-hybridized carbons (Fsp3) is 0.188. The average Bonchev–Trinajstić information content (AvgIpc) is 2.96. The summed E-state index contributed by atoms with van der Waals surface area (Å²) in [6.07, 6.45) is 0. The summed E-state index contributed by atoms with van der Waals surface area (Å²) in [7, 11) is 0. The second-order valence-corrected chi connectivity index (χ2v) is 9.91. The summed E-state index contributed by atoms with van der Waals surface area (Å²) < 4.78 is 0. The van der Waals surface area contributed by atoms with Gasteiger partial charge in [0.2, 0.25) is 5.91 Å². The van der Waals surface area contributed by atoms with Crippen molar-refractivity contribution >= 4 is 29.0 Å². The molecule has 1 amide bonds. The quantitative estimate of drug-likeness (QED) is 0.291. The SMILES string of the molecule is O=C(CN1CCN(C(c2ccccc2)c2ccccc2)CC1)Nc1ccc(Cl)cc1C(=O)c1ccccc1. The highest BCUT2D eigenvalue weighted by atomic mass is 35.5. The van der Waals surface area contributed by atoms with Crippen molar-refractivity contribution < 1.29 is 9.59 Å². The third-order valence-electron chi connectivity index (χ3n) is 6.91. The standard InChI is InChI=1S/C32H30ClN3O2/c33-27-16-17-29(28(22-27)32(38)26-14-8-3-9-15-26)34-30(37)23-35-18-20-36(21-19-35)31(24-10-4-1-5-11-24)25-12-6-2-7-13-25/h1-17,22,31H,18-21,23H2,(H,34,37). The first kappa shape index (κ1) is 25.9. The topological polar surface area (TPSA) is 52.7 Å². The van der Waals surface area contributed by atoms with Crippen LogP contribution in [0.1, 0.15) is 33.1 Å². The maximum Gasteiger partial charge on any atom is 0.238 e. The van der Waals surface area contributed by atoms with Gasteiger partial charge in [0.15, 0.2) is 5.78 Å². The van der Waals surface area contributed by atoms with E-state index in [4.69, 9.17) is 11.6 Å². The third kappa shape index (κ3) is 6.20. The highest BCUT2D eigenvalue weighted by Crippen LogP contribution is 2.29. The molecule has 0 atom stereocenters. The highest BCUT2D eigenvalue weighted by Gasteiger charge is 2.27. The molecule has 1 aliphatic heterocycles. The molecule has 5 rings (SSSR count). The van der Waals surface area contributed by atoms with Crippen LogP contribution in [0.3, 0.4) is 0 Å². The molecule has 192 valence electrons. The zero-order chi connectivity index (χ0) is 26.3. The first-order chi connectivity index (χ1) is 18.6. The molecule has 1 saturated heterocycles. The molecule has 4 aromatic rings. The van der Waals surface area contributed by atoms with Crippen molar-refractivity contribution in [3.63, 3.8) is 0 Å².